The van der Waals surface area contributed by atoms with Crippen LogP contribution in [0.3, 0.4) is 0 Å². The SMILES string of the molecule is [CH3-].[CH3-].[CH3-].[CH]1C=CC=C1.[Zr+3]. The summed E-state index contributed by atoms with van der Waals surface area (Å²) in [4.78, 5) is 0. The second kappa shape index (κ2) is 15.8. The largest absolute Gasteiger partial charge is 3.00 e. The van der Waals surface area contributed by atoms with E-state index < -0.39 is 0 Å². The van der Waals surface area contributed by atoms with Crippen LogP contribution in [0.4, 0.5) is 0 Å². The van der Waals surface area contributed by atoms with Crippen LogP contribution in [0.1, 0.15) is 0 Å². The van der Waals surface area contributed by atoms with Gasteiger partial charge in [-0.2, -0.15) is 0 Å². The first-order valence-electron chi connectivity index (χ1n) is 1.67. The van der Waals surface area contributed by atoms with E-state index in [1.165, 1.54) is 0 Å². The van der Waals surface area contributed by atoms with Crippen LogP contribution in [-0.4, -0.2) is 0 Å². The van der Waals surface area contributed by atoms with Crippen LogP contribution in [0, 0.1) is 28.7 Å². The molecule has 1 heteroatoms. The molecule has 0 saturated carbocycles. The van der Waals surface area contributed by atoms with Crippen LogP contribution >= 0.6 is 0 Å². The minimum Gasteiger partial charge on any atom is -0.358 e. The van der Waals surface area contributed by atoms with Crippen molar-refractivity contribution in [3.8, 4) is 0 Å². The summed E-state index contributed by atoms with van der Waals surface area (Å²) in [6.07, 6.45) is 10.0. The normalized spacial score (nSPS) is 9.78. The Balaban J connectivity index is -0.0000000312. The molecule has 0 aromatic rings. The Morgan fingerprint density at radius 3 is 1.00 bits per heavy atom. The van der Waals surface area contributed by atoms with Gasteiger partial charge in [0.05, 0.1) is 0 Å². The van der Waals surface area contributed by atoms with Crippen molar-refractivity contribution in [2.75, 3.05) is 0 Å². The van der Waals surface area contributed by atoms with Gasteiger partial charge in [-0.25, -0.2) is 0 Å². The summed E-state index contributed by atoms with van der Waals surface area (Å²) >= 11 is 0. The smallest absolute Gasteiger partial charge is 0.358 e. The van der Waals surface area contributed by atoms with Crippen molar-refractivity contribution in [3.05, 3.63) is 53.0 Å². The molecule has 0 unspecified atom stereocenters. The van der Waals surface area contributed by atoms with Crippen molar-refractivity contribution in [2.24, 2.45) is 0 Å². The third kappa shape index (κ3) is 11.8. The van der Waals surface area contributed by atoms with E-state index in [4.69, 9.17) is 0 Å². The Labute approximate surface area is 79.2 Å². The Morgan fingerprint density at radius 2 is 0.889 bits per heavy atom. The molecule has 0 bridgehead atoms. The third-order valence-corrected chi connectivity index (χ3v) is 0.556. The summed E-state index contributed by atoms with van der Waals surface area (Å²) in [5, 5.41) is 0. The zero-order valence-corrected chi connectivity index (χ0v) is 8.84. The van der Waals surface area contributed by atoms with E-state index in [-0.39, 0.29) is 48.5 Å². The first-order valence-corrected chi connectivity index (χ1v) is 1.67. The molecule has 0 N–H and O–H groups in total. The maximum Gasteiger partial charge on any atom is 3.00 e. The van der Waals surface area contributed by atoms with E-state index in [9.17, 15) is 0 Å². The molecule has 9 heavy (non-hydrogen) atoms. The molecule has 0 aromatic carbocycles. The first-order chi connectivity index (χ1) is 2.50. The van der Waals surface area contributed by atoms with Crippen molar-refractivity contribution in [2.45, 2.75) is 0 Å². The average Bonchev–Trinajstić information content (AvgIpc) is 1.76. The third-order valence-electron chi connectivity index (χ3n) is 0.556. The molecule has 1 aliphatic carbocycles. The monoisotopic (exact) mass is 200 g/mol. The predicted octanol–water partition coefficient (Wildman–Crippen LogP) is 2.67. The Bertz CT molecular complexity index is 62.6. The van der Waals surface area contributed by atoms with Crippen molar-refractivity contribution in [1.82, 2.24) is 0 Å². The standard InChI is InChI=1S/C5H5.3CH3.Zr/c1-2-4-5-3-1;;;;/h1-5H;3*1H3;/q;3*-1;+3. The maximum atomic E-state index is 2.00. The number of allylic oxidation sites excluding steroid dienone is 4. The molecule has 0 aliphatic heterocycles. The van der Waals surface area contributed by atoms with Crippen LogP contribution in [0.15, 0.2) is 24.3 Å². The summed E-state index contributed by atoms with van der Waals surface area (Å²) in [7, 11) is 0. The van der Waals surface area contributed by atoms with Crippen LogP contribution < -0.4 is 0 Å². The maximum absolute atomic E-state index is 2.00. The Kier molecular flexibility index (Phi) is 39.9. The van der Waals surface area contributed by atoms with E-state index in [0.29, 0.717) is 0 Å². The number of hydrogen-bond donors (Lipinski definition) is 0. The van der Waals surface area contributed by atoms with Gasteiger partial charge in [0.25, 0.3) is 0 Å². The van der Waals surface area contributed by atoms with Gasteiger partial charge in [0.15, 0.2) is 0 Å². The second-order valence-electron chi connectivity index (χ2n) is 0.962. The van der Waals surface area contributed by atoms with Crippen LogP contribution in [0.5, 0.6) is 0 Å². The van der Waals surface area contributed by atoms with Gasteiger partial charge in [-0.15, -0.1) is 0 Å². The van der Waals surface area contributed by atoms with E-state index in [0.717, 1.165) is 0 Å². The molecule has 0 nitrogen and oxygen atoms in total. The second-order valence-corrected chi connectivity index (χ2v) is 0.962. The zero-order chi connectivity index (χ0) is 3.54. The van der Waals surface area contributed by atoms with Gasteiger partial charge in [-0.1, -0.05) is 24.3 Å². The molecule has 0 aromatic heterocycles. The van der Waals surface area contributed by atoms with Gasteiger partial charge in [-0.3, -0.25) is 0 Å². The van der Waals surface area contributed by atoms with E-state index in [1.807, 2.05) is 30.7 Å². The Morgan fingerprint density at radius 1 is 0.556 bits per heavy atom. The van der Waals surface area contributed by atoms with E-state index in [1.54, 1.807) is 0 Å². The molecule has 1 aliphatic rings. The molecule has 0 atom stereocenters. The van der Waals surface area contributed by atoms with Gasteiger partial charge >= 0.3 is 26.2 Å². The number of rotatable bonds is 0. The molecule has 0 fully saturated rings. The molecule has 1 rings (SSSR count). The molecule has 0 amide bonds. The van der Waals surface area contributed by atoms with Crippen molar-refractivity contribution in [1.29, 1.82) is 0 Å². The number of hydrogen-bond acceptors (Lipinski definition) is 0. The van der Waals surface area contributed by atoms with Crippen LogP contribution in [0.2, 0.25) is 0 Å². The van der Waals surface area contributed by atoms with Gasteiger partial charge in [0.2, 0.25) is 0 Å². The van der Waals surface area contributed by atoms with Crippen LogP contribution in [-0.2, 0) is 26.2 Å². The summed E-state index contributed by atoms with van der Waals surface area (Å²) in [6, 6.07) is 0. The summed E-state index contributed by atoms with van der Waals surface area (Å²) in [5.74, 6) is 0. The molecular formula is C8H14Zr. The van der Waals surface area contributed by atoms with Gasteiger partial charge in [-0.05, 0) is 0 Å². The quantitative estimate of drug-likeness (QED) is 0.529. The summed E-state index contributed by atoms with van der Waals surface area (Å²) in [5.41, 5.74) is 0. The van der Waals surface area contributed by atoms with Gasteiger partial charge in [0, 0.05) is 6.42 Å². The molecule has 0 heterocycles. The average molecular weight is 201 g/mol. The fraction of sp³-hybridized carbons (Fsp3) is 0. The zero-order valence-electron chi connectivity index (χ0n) is 6.39. The topological polar surface area (TPSA) is 0 Å². The summed E-state index contributed by atoms with van der Waals surface area (Å²) in [6.45, 7) is 0. The van der Waals surface area contributed by atoms with E-state index >= 15 is 0 Å². The molecule has 0 saturated heterocycles. The minimum absolute atomic E-state index is 0. The Hall–Kier alpha value is 0.363. The van der Waals surface area contributed by atoms with Gasteiger partial charge < -0.3 is 22.3 Å². The first kappa shape index (κ1) is 22.8. The van der Waals surface area contributed by atoms with Crippen LogP contribution in [0.25, 0.3) is 0 Å². The minimum atomic E-state index is 0. The van der Waals surface area contributed by atoms with Crippen molar-refractivity contribution >= 4 is 0 Å². The van der Waals surface area contributed by atoms with Gasteiger partial charge in [0.1, 0.15) is 0 Å². The molecule has 50 valence electrons. The van der Waals surface area contributed by atoms with Crippen molar-refractivity contribution < 1.29 is 26.2 Å². The van der Waals surface area contributed by atoms with Crippen molar-refractivity contribution in [3.63, 3.8) is 0 Å². The fourth-order valence-electron chi connectivity index (χ4n) is 0.321. The fourth-order valence-corrected chi connectivity index (χ4v) is 0.321. The molecular weight excluding hydrogens is 187 g/mol. The predicted molar refractivity (Wildman–Crippen MR) is 41.8 cm³/mol. The molecule has 0 spiro atoms. The summed E-state index contributed by atoms with van der Waals surface area (Å²) < 4.78 is 0. The molecule has 2 radical (unpaired) electrons. The van der Waals surface area contributed by atoms with E-state index in [2.05, 4.69) is 0 Å².